The van der Waals surface area contributed by atoms with E-state index in [1.165, 1.54) is 28.9 Å². The van der Waals surface area contributed by atoms with Crippen LogP contribution in [0.1, 0.15) is 69.8 Å². The van der Waals surface area contributed by atoms with Crippen molar-refractivity contribution in [2.24, 2.45) is 0 Å². The van der Waals surface area contributed by atoms with E-state index in [4.69, 9.17) is 0 Å². The van der Waals surface area contributed by atoms with Crippen LogP contribution < -0.4 is 9.80 Å². The van der Waals surface area contributed by atoms with Gasteiger partial charge in [-0.3, -0.25) is 4.90 Å². The van der Waals surface area contributed by atoms with E-state index >= 15 is 0 Å². The van der Waals surface area contributed by atoms with Crippen molar-refractivity contribution in [2.75, 3.05) is 50.1 Å². The normalized spacial score (nSPS) is 16.0. The summed E-state index contributed by atoms with van der Waals surface area (Å²) < 4.78 is 13.5. The molecular weight excluding hydrogens is 473 g/mol. The van der Waals surface area contributed by atoms with Gasteiger partial charge in [0.05, 0.1) is 6.04 Å². The summed E-state index contributed by atoms with van der Waals surface area (Å²) in [5.74, 6) is 0.210. The molecule has 0 bridgehead atoms. The number of piperazine rings is 1. The Bertz CT molecular complexity index is 1190. The Morgan fingerprint density at radius 1 is 0.737 bits per heavy atom. The maximum atomic E-state index is 13.5. The van der Waals surface area contributed by atoms with Crippen LogP contribution >= 0.6 is 0 Å². The molecule has 0 radical (unpaired) electrons. The topological polar surface area (TPSA) is 30.0 Å². The minimum Gasteiger partial charge on any atom is -0.507 e. The lowest BCUT2D eigenvalue weighted by Crippen LogP contribution is -2.48. The molecule has 38 heavy (non-hydrogen) atoms. The second-order valence-corrected chi connectivity index (χ2v) is 12.9. The Morgan fingerprint density at radius 3 is 1.68 bits per heavy atom. The molecule has 1 N–H and O–H groups in total. The highest BCUT2D eigenvalue weighted by atomic mass is 19.1. The quantitative estimate of drug-likeness (QED) is 0.391. The van der Waals surface area contributed by atoms with Crippen LogP contribution in [0.2, 0.25) is 0 Å². The number of rotatable bonds is 5. The molecule has 0 spiro atoms. The average molecular weight is 518 g/mol. The molecule has 3 aromatic rings. The van der Waals surface area contributed by atoms with E-state index in [1.807, 2.05) is 12.1 Å². The molecule has 1 atom stereocenters. The molecule has 0 unspecified atom stereocenters. The summed E-state index contributed by atoms with van der Waals surface area (Å²) in [5, 5.41) is 11.4. The van der Waals surface area contributed by atoms with Crippen LogP contribution in [-0.2, 0) is 10.8 Å². The minimum atomic E-state index is -0.203. The van der Waals surface area contributed by atoms with Crippen LogP contribution in [-0.4, -0.2) is 50.3 Å². The van der Waals surface area contributed by atoms with Crippen LogP contribution in [0, 0.1) is 5.82 Å². The van der Waals surface area contributed by atoms with E-state index < -0.39 is 0 Å². The van der Waals surface area contributed by atoms with Gasteiger partial charge in [-0.05, 0) is 81.6 Å². The first-order valence-electron chi connectivity index (χ1n) is 13.7. The first-order valence-corrected chi connectivity index (χ1v) is 13.7. The van der Waals surface area contributed by atoms with Gasteiger partial charge in [-0.25, -0.2) is 4.39 Å². The van der Waals surface area contributed by atoms with E-state index in [0.29, 0.717) is 5.75 Å². The highest BCUT2D eigenvalue weighted by molar-refractivity contribution is 5.54. The molecule has 3 aromatic carbocycles. The third kappa shape index (κ3) is 5.99. The van der Waals surface area contributed by atoms with Crippen molar-refractivity contribution in [3.8, 4) is 5.75 Å². The highest BCUT2D eigenvalue weighted by Gasteiger charge is 2.32. The van der Waals surface area contributed by atoms with Gasteiger partial charge in [-0.15, -0.1) is 0 Å². The van der Waals surface area contributed by atoms with Crippen LogP contribution in [0.4, 0.5) is 15.8 Å². The summed E-state index contributed by atoms with van der Waals surface area (Å²) >= 11 is 0. The number of hydrogen-bond donors (Lipinski definition) is 1. The summed E-state index contributed by atoms with van der Waals surface area (Å²) in [4.78, 5) is 7.01. The van der Waals surface area contributed by atoms with Crippen molar-refractivity contribution in [3.63, 3.8) is 0 Å². The maximum absolute atomic E-state index is 13.5. The lowest BCUT2D eigenvalue weighted by Gasteiger charge is -2.41. The largest absolute Gasteiger partial charge is 0.507 e. The monoisotopic (exact) mass is 517 g/mol. The number of nitrogens with zero attached hydrogens (tertiary/aromatic N) is 3. The Kier molecular flexibility index (Phi) is 7.81. The van der Waals surface area contributed by atoms with Crippen LogP contribution in [0.25, 0.3) is 0 Å². The second-order valence-electron chi connectivity index (χ2n) is 12.9. The third-order valence-electron chi connectivity index (χ3n) is 7.66. The van der Waals surface area contributed by atoms with Crippen molar-refractivity contribution in [1.29, 1.82) is 0 Å². The van der Waals surface area contributed by atoms with Gasteiger partial charge in [0.15, 0.2) is 0 Å². The van der Waals surface area contributed by atoms with Crippen molar-refractivity contribution < 1.29 is 9.50 Å². The number of phenols is 1. The van der Waals surface area contributed by atoms with Gasteiger partial charge in [-0.2, -0.15) is 0 Å². The first-order chi connectivity index (χ1) is 17.8. The number of hydrogen-bond acceptors (Lipinski definition) is 4. The predicted molar refractivity (Wildman–Crippen MR) is 158 cm³/mol. The highest BCUT2D eigenvalue weighted by Crippen LogP contribution is 2.43. The molecule has 1 fully saturated rings. The fraction of sp³-hybridized carbons (Fsp3) is 0.455. The van der Waals surface area contributed by atoms with Gasteiger partial charge in [0, 0.05) is 51.6 Å². The predicted octanol–water partition coefficient (Wildman–Crippen LogP) is 7.10. The zero-order valence-electron chi connectivity index (χ0n) is 24.3. The van der Waals surface area contributed by atoms with E-state index in [9.17, 15) is 9.50 Å². The van der Waals surface area contributed by atoms with Gasteiger partial charge < -0.3 is 14.9 Å². The van der Waals surface area contributed by atoms with Crippen LogP contribution in [0.15, 0.2) is 60.7 Å². The van der Waals surface area contributed by atoms with Gasteiger partial charge in [0.1, 0.15) is 11.6 Å². The number of halogens is 1. The van der Waals surface area contributed by atoms with Crippen molar-refractivity contribution in [3.05, 3.63) is 88.7 Å². The summed E-state index contributed by atoms with van der Waals surface area (Å²) in [6.45, 7) is 16.5. The smallest absolute Gasteiger partial charge is 0.123 e. The summed E-state index contributed by atoms with van der Waals surface area (Å²) in [7, 11) is 4.12. The molecule has 5 heteroatoms. The number of phenolic OH excluding ortho intramolecular Hbond substituents is 1. The molecule has 0 saturated carbocycles. The average Bonchev–Trinajstić information content (AvgIpc) is 2.85. The fourth-order valence-corrected chi connectivity index (χ4v) is 5.42. The van der Waals surface area contributed by atoms with Gasteiger partial charge >= 0.3 is 0 Å². The molecule has 0 aliphatic carbocycles. The summed E-state index contributed by atoms with van der Waals surface area (Å²) in [6, 6.07) is 20.2. The van der Waals surface area contributed by atoms with Crippen molar-refractivity contribution >= 4 is 11.4 Å². The number of benzene rings is 3. The van der Waals surface area contributed by atoms with Crippen LogP contribution in [0.5, 0.6) is 5.75 Å². The molecule has 0 aromatic heterocycles. The van der Waals surface area contributed by atoms with Gasteiger partial charge in [0.25, 0.3) is 0 Å². The molecule has 0 amide bonds. The Labute approximate surface area is 228 Å². The summed E-state index contributed by atoms with van der Waals surface area (Å²) in [5.41, 5.74) is 6.28. The molecule has 204 valence electrons. The Morgan fingerprint density at radius 2 is 1.24 bits per heavy atom. The van der Waals surface area contributed by atoms with Gasteiger partial charge in [-0.1, -0.05) is 53.7 Å². The molecule has 1 aliphatic heterocycles. The standard InChI is InChI=1S/C33H44FN3O/c1-32(2,3)28-21-24(22-29(31(28)38)33(4,5)6)30(23-9-13-26(14-10-23)35(7)8)37-19-17-36(18-20-37)27-15-11-25(34)12-16-27/h9-16,21-22,30,38H,17-20H2,1-8H3/t30-/m0/s1. The lowest BCUT2D eigenvalue weighted by molar-refractivity contribution is 0.212. The second kappa shape index (κ2) is 10.6. The SMILES string of the molecule is CN(C)c1ccc([C@@H](c2cc(C(C)(C)C)c(O)c(C(C)(C)C)c2)N2CCN(c3ccc(F)cc3)CC2)cc1. The molecule has 1 heterocycles. The van der Waals surface area contributed by atoms with E-state index in [1.54, 1.807) is 0 Å². The van der Waals surface area contributed by atoms with E-state index in [2.05, 4.69) is 107 Å². The molecular formula is C33H44FN3O. The Hall–Kier alpha value is -3.05. The third-order valence-corrected chi connectivity index (χ3v) is 7.66. The lowest BCUT2D eigenvalue weighted by atomic mass is 9.77. The molecule has 1 saturated heterocycles. The first kappa shape index (κ1) is 28.0. The van der Waals surface area contributed by atoms with E-state index in [-0.39, 0.29) is 22.7 Å². The number of anilines is 2. The Balaban J connectivity index is 1.77. The molecule has 4 rings (SSSR count). The maximum Gasteiger partial charge on any atom is 0.123 e. The van der Waals surface area contributed by atoms with Crippen molar-refractivity contribution in [1.82, 2.24) is 4.90 Å². The summed E-state index contributed by atoms with van der Waals surface area (Å²) in [6.07, 6.45) is 0. The van der Waals surface area contributed by atoms with Gasteiger partial charge in [0.2, 0.25) is 0 Å². The molecule has 1 aliphatic rings. The molecule has 4 nitrogen and oxygen atoms in total. The zero-order chi connectivity index (χ0) is 27.8. The van der Waals surface area contributed by atoms with E-state index in [0.717, 1.165) is 43.0 Å². The van der Waals surface area contributed by atoms with Crippen LogP contribution in [0.3, 0.4) is 0 Å². The zero-order valence-corrected chi connectivity index (χ0v) is 24.3. The van der Waals surface area contributed by atoms with Crippen molar-refractivity contribution in [2.45, 2.75) is 58.4 Å². The number of aromatic hydroxyl groups is 1. The fourth-order valence-electron chi connectivity index (χ4n) is 5.42. The minimum absolute atomic E-state index is 0.0596.